The highest BCUT2D eigenvalue weighted by Gasteiger charge is 2.68. The van der Waals surface area contributed by atoms with Crippen molar-refractivity contribution in [2.45, 2.75) is 57.9 Å². The molecule has 190 valence electrons. The molecule has 0 saturated heterocycles. The molecule has 4 saturated carbocycles. The van der Waals surface area contributed by atoms with Gasteiger partial charge in [-0.2, -0.15) is 0 Å². The predicted octanol–water partition coefficient (Wildman–Crippen LogP) is 6.50. The normalized spacial score (nSPS) is 28.8. The molecular weight excluding hydrogens is 469 g/mol. The number of hydrogen-bond acceptors (Lipinski definition) is 2. The van der Waals surface area contributed by atoms with Crippen LogP contribution in [0.1, 0.15) is 45.5 Å². The number of imidazole rings is 1. The Morgan fingerprint density at radius 3 is 2.05 bits per heavy atom. The Morgan fingerprint density at radius 2 is 1.41 bits per heavy atom. The molecule has 0 aliphatic heterocycles. The van der Waals surface area contributed by atoms with Crippen LogP contribution in [-0.2, 0) is 6.54 Å². The molecule has 4 aliphatic carbocycles. The lowest BCUT2D eigenvalue weighted by atomic mass is 9.63. The summed E-state index contributed by atoms with van der Waals surface area (Å²) in [7, 11) is -0.388. The lowest BCUT2D eigenvalue weighted by Crippen LogP contribution is -2.58. The number of hydrogen-bond donors (Lipinski definition) is 1. The number of fused-ring (bicyclic) bond motifs is 1. The van der Waals surface area contributed by atoms with Gasteiger partial charge in [0.05, 0.1) is 17.6 Å². The molecule has 1 aromatic heterocycles. The fourth-order valence-electron chi connectivity index (χ4n) is 8.21. The smallest absolute Gasteiger partial charge is 0.124 e. The van der Waals surface area contributed by atoms with Gasteiger partial charge < -0.3 is 9.88 Å². The second-order valence-electron chi connectivity index (χ2n) is 11.9. The van der Waals surface area contributed by atoms with Crippen molar-refractivity contribution in [1.29, 1.82) is 0 Å². The Labute approximate surface area is 222 Å². The van der Waals surface area contributed by atoms with E-state index in [0.29, 0.717) is 12.1 Å². The van der Waals surface area contributed by atoms with Crippen LogP contribution < -0.4 is 15.9 Å². The van der Waals surface area contributed by atoms with Crippen LogP contribution in [0.4, 0.5) is 0 Å². The molecule has 4 aliphatic rings. The summed E-state index contributed by atoms with van der Waals surface area (Å²) in [6.07, 6.45) is 2.95. The summed E-state index contributed by atoms with van der Waals surface area (Å²) in [5.41, 5.74) is 3.11. The molecule has 1 heterocycles. The van der Waals surface area contributed by atoms with Crippen LogP contribution in [0.2, 0.25) is 0 Å². The summed E-state index contributed by atoms with van der Waals surface area (Å²) in [4.78, 5) is 5.05. The van der Waals surface area contributed by atoms with Crippen LogP contribution in [-0.4, -0.2) is 21.3 Å². The van der Waals surface area contributed by atoms with Crippen molar-refractivity contribution in [1.82, 2.24) is 14.9 Å². The highest BCUT2D eigenvalue weighted by Crippen LogP contribution is 2.73. The van der Waals surface area contributed by atoms with Crippen molar-refractivity contribution in [2.75, 3.05) is 0 Å². The third kappa shape index (κ3) is 3.81. The molecule has 4 heteroatoms. The average Bonchev–Trinajstić information content (AvgIpc) is 3.51. The molecule has 4 fully saturated rings. The molecule has 0 amide bonds. The standard InChI is InChI=1S/C33H38N3P/c1-21(2)36-28-17-11-10-16-27(28)35-29(36)20-34-22(3)30-31-23-18-24(19-23)32(31)33(30)37(25-12-6-4-7-13-25)26-14-8-5-9-15-26/h4-17,21-24,30-34H,18-20H2,1-3H3/t22-,23?,24?,30?,31?,32?,33?/m0/s1. The molecule has 5 atom stereocenters. The second kappa shape index (κ2) is 9.37. The molecule has 4 aromatic rings. The molecular formula is C33H38N3P. The monoisotopic (exact) mass is 507 g/mol. The van der Waals surface area contributed by atoms with Crippen molar-refractivity contribution >= 4 is 29.6 Å². The Balaban J connectivity index is 1.20. The average molecular weight is 508 g/mol. The van der Waals surface area contributed by atoms with Gasteiger partial charge in [-0.1, -0.05) is 72.8 Å². The first kappa shape index (κ1) is 23.6. The van der Waals surface area contributed by atoms with Gasteiger partial charge in [0, 0.05) is 12.1 Å². The summed E-state index contributed by atoms with van der Waals surface area (Å²) in [5, 5.41) is 7.13. The van der Waals surface area contributed by atoms with E-state index in [-0.39, 0.29) is 7.92 Å². The fourth-order valence-corrected chi connectivity index (χ4v) is 11.8. The van der Waals surface area contributed by atoms with Crippen molar-refractivity contribution < 1.29 is 0 Å². The maximum absolute atomic E-state index is 5.05. The first-order chi connectivity index (χ1) is 18.1. The zero-order chi connectivity index (χ0) is 25.1. The first-order valence-corrected chi connectivity index (χ1v) is 15.6. The number of nitrogens with one attached hydrogen (secondary N) is 1. The lowest BCUT2D eigenvalue weighted by molar-refractivity contribution is 0.0741. The van der Waals surface area contributed by atoms with E-state index in [0.717, 1.165) is 47.3 Å². The summed E-state index contributed by atoms with van der Waals surface area (Å²) in [6.45, 7) is 7.84. The summed E-state index contributed by atoms with van der Waals surface area (Å²) < 4.78 is 2.42. The van der Waals surface area contributed by atoms with Gasteiger partial charge in [0.25, 0.3) is 0 Å². The SMILES string of the molecule is CC(C)n1c(CN[C@@H](C)C2C3C4CC(C4)C3C2P(c2ccccc2)c2ccccc2)nc2ccccc21. The number of aromatic nitrogens is 2. The van der Waals surface area contributed by atoms with E-state index < -0.39 is 0 Å². The highest BCUT2D eigenvalue weighted by atomic mass is 31.1. The molecule has 1 N–H and O–H groups in total. The predicted molar refractivity (Wildman–Crippen MR) is 156 cm³/mol. The van der Waals surface area contributed by atoms with Gasteiger partial charge in [-0.15, -0.1) is 0 Å². The van der Waals surface area contributed by atoms with Crippen LogP contribution in [0.3, 0.4) is 0 Å². The van der Waals surface area contributed by atoms with Crippen molar-refractivity contribution in [3.63, 3.8) is 0 Å². The van der Waals surface area contributed by atoms with Crippen molar-refractivity contribution in [2.24, 2.45) is 29.6 Å². The van der Waals surface area contributed by atoms with Crippen LogP contribution in [0.25, 0.3) is 11.0 Å². The fraction of sp³-hybridized carbons (Fsp3) is 0.424. The van der Waals surface area contributed by atoms with Gasteiger partial charge in [0.1, 0.15) is 5.82 Å². The van der Waals surface area contributed by atoms with E-state index in [1.54, 1.807) is 10.6 Å². The second-order valence-corrected chi connectivity index (χ2v) is 14.3. The Bertz CT molecular complexity index is 1340. The van der Waals surface area contributed by atoms with Crippen LogP contribution in [0.5, 0.6) is 0 Å². The Kier molecular flexibility index (Phi) is 5.98. The molecule has 0 spiro atoms. The van der Waals surface area contributed by atoms with E-state index in [4.69, 9.17) is 4.98 Å². The van der Waals surface area contributed by atoms with E-state index in [9.17, 15) is 0 Å². The van der Waals surface area contributed by atoms with Crippen LogP contribution in [0.15, 0.2) is 84.9 Å². The van der Waals surface area contributed by atoms with Gasteiger partial charge >= 0.3 is 0 Å². The number of para-hydroxylation sites is 2. The molecule has 8 rings (SSSR count). The number of nitrogens with zero attached hydrogens (tertiary/aromatic N) is 2. The summed E-state index contributed by atoms with van der Waals surface area (Å²) in [5.74, 6) is 5.63. The van der Waals surface area contributed by atoms with E-state index in [2.05, 4.69) is 116 Å². The Morgan fingerprint density at radius 1 is 0.811 bits per heavy atom. The molecule has 37 heavy (non-hydrogen) atoms. The first-order valence-electron chi connectivity index (χ1n) is 14.2. The van der Waals surface area contributed by atoms with Crippen molar-refractivity contribution in [3.05, 3.63) is 90.8 Å². The largest absolute Gasteiger partial charge is 0.324 e. The molecule has 3 nitrogen and oxygen atoms in total. The zero-order valence-electron chi connectivity index (χ0n) is 22.2. The lowest BCUT2D eigenvalue weighted by Gasteiger charge is -2.55. The minimum Gasteiger partial charge on any atom is -0.324 e. The molecule has 4 unspecified atom stereocenters. The van der Waals surface area contributed by atoms with Gasteiger partial charge in [-0.3, -0.25) is 0 Å². The summed E-state index contributed by atoms with van der Waals surface area (Å²) >= 11 is 0. The minimum atomic E-state index is -0.388. The van der Waals surface area contributed by atoms with E-state index in [1.807, 2.05) is 0 Å². The van der Waals surface area contributed by atoms with E-state index >= 15 is 0 Å². The minimum absolute atomic E-state index is 0.388. The van der Waals surface area contributed by atoms with Gasteiger partial charge in [0.15, 0.2) is 0 Å². The zero-order valence-corrected chi connectivity index (χ0v) is 23.1. The van der Waals surface area contributed by atoms with Gasteiger partial charge in [0.2, 0.25) is 0 Å². The third-order valence-electron chi connectivity index (χ3n) is 9.69. The number of benzene rings is 3. The van der Waals surface area contributed by atoms with Crippen molar-refractivity contribution in [3.8, 4) is 0 Å². The molecule has 2 bridgehead atoms. The third-order valence-corrected chi connectivity index (χ3v) is 12.7. The number of rotatable bonds is 8. The summed E-state index contributed by atoms with van der Waals surface area (Å²) in [6, 6.07) is 32.3. The van der Waals surface area contributed by atoms with E-state index in [1.165, 1.54) is 24.2 Å². The van der Waals surface area contributed by atoms with Gasteiger partial charge in [-0.25, -0.2) is 4.98 Å². The molecule has 0 radical (unpaired) electrons. The maximum atomic E-state index is 5.05. The highest BCUT2D eigenvalue weighted by molar-refractivity contribution is 7.73. The quantitative estimate of drug-likeness (QED) is 0.276. The molecule has 3 aromatic carbocycles. The van der Waals surface area contributed by atoms with Crippen LogP contribution >= 0.6 is 7.92 Å². The maximum Gasteiger partial charge on any atom is 0.124 e. The van der Waals surface area contributed by atoms with Gasteiger partial charge in [-0.05, 0) is 99.5 Å². The topological polar surface area (TPSA) is 29.9 Å². The van der Waals surface area contributed by atoms with Crippen LogP contribution in [0, 0.1) is 29.6 Å². The Hall–Kier alpha value is -2.48.